The maximum absolute atomic E-state index is 11.8. The minimum atomic E-state index is -0.555. The predicted molar refractivity (Wildman–Crippen MR) is 82.8 cm³/mol. The third-order valence-electron chi connectivity index (χ3n) is 4.70. The van der Waals surface area contributed by atoms with Crippen molar-refractivity contribution in [2.75, 3.05) is 34.3 Å². The number of esters is 1. The van der Waals surface area contributed by atoms with Crippen LogP contribution < -0.4 is 5.32 Å². The van der Waals surface area contributed by atoms with E-state index in [0.29, 0.717) is 0 Å². The Morgan fingerprint density at radius 1 is 1.35 bits per heavy atom. The van der Waals surface area contributed by atoms with Crippen LogP contribution in [0.4, 0.5) is 0 Å². The standard InChI is InChI=1S/C16H32N2O2/c1-16(17-2,15(19)20-4)11-8-12-18(3)13-14-9-6-5-7-10-14/h14,17H,5-13H2,1-4H3. The quantitative estimate of drug-likeness (QED) is 0.695. The molecule has 1 rings (SSSR count). The Bertz CT molecular complexity index is 290. The predicted octanol–water partition coefficient (Wildman–Crippen LogP) is 2.43. The minimum absolute atomic E-state index is 0.171. The van der Waals surface area contributed by atoms with Gasteiger partial charge in [-0.05, 0) is 59.2 Å². The fraction of sp³-hybridized carbons (Fsp3) is 0.938. The van der Waals surface area contributed by atoms with Crippen molar-refractivity contribution in [2.24, 2.45) is 5.92 Å². The molecule has 0 aromatic heterocycles. The molecule has 0 aromatic rings. The van der Waals surface area contributed by atoms with E-state index in [9.17, 15) is 4.79 Å². The highest BCUT2D eigenvalue weighted by atomic mass is 16.5. The molecule has 1 fully saturated rings. The second-order valence-corrected chi connectivity index (χ2v) is 6.44. The van der Waals surface area contributed by atoms with Crippen molar-refractivity contribution < 1.29 is 9.53 Å². The van der Waals surface area contributed by atoms with Crippen LogP contribution in [-0.4, -0.2) is 50.7 Å². The number of carbonyl (C=O) groups is 1. The molecule has 0 aliphatic heterocycles. The number of methoxy groups -OCH3 is 1. The van der Waals surface area contributed by atoms with E-state index in [2.05, 4.69) is 17.3 Å². The Hall–Kier alpha value is -0.610. The molecule has 0 aromatic carbocycles. The summed E-state index contributed by atoms with van der Waals surface area (Å²) in [7, 11) is 5.47. The number of hydrogen-bond acceptors (Lipinski definition) is 4. The number of rotatable bonds is 8. The summed E-state index contributed by atoms with van der Waals surface area (Å²) in [5.74, 6) is 0.708. The molecule has 20 heavy (non-hydrogen) atoms. The van der Waals surface area contributed by atoms with E-state index in [-0.39, 0.29) is 5.97 Å². The largest absolute Gasteiger partial charge is 0.468 e. The molecule has 0 spiro atoms. The second kappa shape index (κ2) is 8.63. The third kappa shape index (κ3) is 5.41. The van der Waals surface area contributed by atoms with Crippen molar-refractivity contribution in [3.63, 3.8) is 0 Å². The first-order valence-electron chi connectivity index (χ1n) is 7.97. The van der Waals surface area contributed by atoms with Crippen molar-refractivity contribution in [1.29, 1.82) is 0 Å². The molecular weight excluding hydrogens is 252 g/mol. The van der Waals surface area contributed by atoms with Crippen LogP contribution in [0, 0.1) is 5.92 Å². The fourth-order valence-corrected chi connectivity index (χ4v) is 3.16. The molecular formula is C16H32N2O2. The monoisotopic (exact) mass is 284 g/mol. The van der Waals surface area contributed by atoms with Crippen molar-refractivity contribution in [3.8, 4) is 0 Å². The molecule has 0 bridgehead atoms. The number of nitrogens with one attached hydrogen (secondary N) is 1. The van der Waals surface area contributed by atoms with Gasteiger partial charge in [-0.1, -0.05) is 19.3 Å². The highest BCUT2D eigenvalue weighted by Gasteiger charge is 2.31. The van der Waals surface area contributed by atoms with Crippen LogP contribution in [0.15, 0.2) is 0 Å². The van der Waals surface area contributed by atoms with E-state index in [0.717, 1.165) is 25.3 Å². The number of carbonyl (C=O) groups excluding carboxylic acids is 1. The van der Waals surface area contributed by atoms with Crippen LogP contribution in [0.2, 0.25) is 0 Å². The number of hydrogen-bond donors (Lipinski definition) is 1. The van der Waals surface area contributed by atoms with Crippen molar-refractivity contribution in [1.82, 2.24) is 10.2 Å². The summed E-state index contributed by atoms with van der Waals surface area (Å²) in [5.41, 5.74) is -0.555. The van der Waals surface area contributed by atoms with E-state index < -0.39 is 5.54 Å². The fourth-order valence-electron chi connectivity index (χ4n) is 3.16. The first-order valence-corrected chi connectivity index (χ1v) is 7.97. The van der Waals surface area contributed by atoms with Gasteiger partial charge in [0.25, 0.3) is 0 Å². The minimum Gasteiger partial charge on any atom is -0.468 e. The molecule has 1 atom stereocenters. The maximum atomic E-state index is 11.8. The number of likely N-dealkylation sites (N-methyl/N-ethyl adjacent to an activating group) is 1. The maximum Gasteiger partial charge on any atom is 0.325 e. The zero-order valence-corrected chi connectivity index (χ0v) is 13.7. The van der Waals surface area contributed by atoms with Gasteiger partial charge in [-0.2, -0.15) is 0 Å². The summed E-state index contributed by atoms with van der Waals surface area (Å²) in [5, 5.41) is 3.09. The van der Waals surface area contributed by atoms with Gasteiger partial charge in [0.2, 0.25) is 0 Å². The summed E-state index contributed by atoms with van der Waals surface area (Å²) in [4.78, 5) is 14.2. The molecule has 118 valence electrons. The SMILES string of the molecule is CNC(C)(CCCN(C)CC1CCCCC1)C(=O)OC. The van der Waals surface area contributed by atoms with Gasteiger partial charge in [0.05, 0.1) is 7.11 Å². The molecule has 0 saturated heterocycles. The molecule has 1 N–H and O–H groups in total. The van der Waals surface area contributed by atoms with Crippen LogP contribution in [0.3, 0.4) is 0 Å². The third-order valence-corrected chi connectivity index (χ3v) is 4.70. The second-order valence-electron chi connectivity index (χ2n) is 6.44. The lowest BCUT2D eigenvalue weighted by molar-refractivity contribution is -0.148. The lowest BCUT2D eigenvalue weighted by Crippen LogP contribution is -2.48. The Balaban J connectivity index is 2.26. The lowest BCUT2D eigenvalue weighted by Gasteiger charge is -2.29. The van der Waals surface area contributed by atoms with Crippen LogP contribution in [-0.2, 0) is 9.53 Å². The Morgan fingerprint density at radius 3 is 2.55 bits per heavy atom. The number of ether oxygens (including phenoxy) is 1. The molecule has 1 aliphatic rings. The molecule has 1 saturated carbocycles. The van der Waals surface area contributed by atoms with Gasteiger partial charge < -0.3 is 15.0 Å². The normalized spacial score (nSPS) is 19.9. The van der Waals surface area contributed by atoms with Gasteiger partial charge in [-0.3, -0.25) is 4.79 Å². The molecule has 0 radical (unpaired) electrons. The summed E-state index contributed by atoms with van der Waals surface area (Å²) in [6, 6.07) is 0. The van der Waals surface area contributed by atoms with Crippen LogP contribution in [0.5, 0.6) is 0 Å². The van der Waals surface area contributed by atoms with E-state index in [4.69, 9.17) is 4.74 Å². The Morgan fingerprint density at radius 2 is 2.00 bits per heavy atom. The summed E-state index contributed by atoms with van der Waals surface area (Å²) >= 11 is 0. The van der Waals surface area contributed by atoms with Gasteiger partial charge in [0.1, 0.15) is 5.54 Å². The number of nitrogens with zero attached hydrogens (tertiary/aromatic N) is 1. The molecule has 4 nitrogen and oxygen atoms in total. The molecule has 0 amide bonds. The average Bonchev–Trinajstić information content (AvgIpc) is 2.47. The lowest BCUT2D eigenvalue weighted by atomic mass is 9.89. The zero-order valence-electron chi connectivity index (χ0n) is 13.7. The summed E-state index contributed by atoms with van der Waals surface area (Å²) < 4.78 is 4.87. The van der Waals surface area contributed by atoms with Crippen LogP contribution >= 0.6 is 0 Å². The first kappa shape index (κ1) is 17.4. The van der Waals surface area contributed by atoms with Gasteiger partial charge in [-0.25, -0.2) is 0 Å². The Labute approximate surface area is 124 Å². The van der Waals surface area contributed by atoms with Crippen LogP contribution in [0.1, 0.15) is 51.9 Å². The zero-order chi connectivity index (χ0) is 15.0. The van der Waals surface area contributed by atoms with Crippen molar-refractivity contribution in [3.05, 3.63) is 0 Å². The highest BCUT2D eigenvalue weighted by Crippen LogP contribution is 2.24. The van der Waals surface area contributed by atoms with E-state index in [1.54, 1.807) is 0 Å². The average molecular weight is 284 g/mol. The molecule has 1 aliphatic carbocycles. The molecule has 1 unspecified atom stereocenters. The van der Waals surface area contributed by atoms with Crippen molar-refractivity contribution in [2.45, 2.75) is 57.4 Å². The summed E-state index contributed by atoms with van der Waals surface area (Å²) in [6.45, 7) is 4.17. The summed E-state index contributed by atoms with van der Waals surface area (Å²) in [6.07, 6.45) is 8.82. The van der Waals surface area contributed by atoms with Gasteiger partial charge >= 0.3 is 5.97 Å². The van der Waals surface area contributed by atoms with Crippen molar-refractivity contribution >= 4 is 5.97 Å². The van der Waals surface area contributed by atoms with E-state index in [1.165, 1.54) is 45.8 Å². The van der Waals surface area contributed by atoms with Gasteiger partial charge in [0.15, 0.2) is 0 Å². The van der Waals surface area contributed by atoms with E-state index in [1.807, 2.05) is 14.0 Å². The first-order chi connectivity index (χ1) is 9.51. The smallest absolute Gasteiger partial charge is 0.325 e. The Kier molecular flexibility index (Phi) is 7.52. The molecule has 0 heterocycles. The van der Waals surface area contributed by atoms with Gasteiger partial charge in [-0.15, -0.1) is 0 Å². The highest BCUT2D eigenvalue weighted by molar-refractivity contribution is 5.80. The van der Waals surface area contributed by atoms with Gasteiger partial charge in [0, 0.05) is 6.54 Å². The van der Waals surface area contributed by atoms with Crippen LogP contribution in [0.25, 0.3) is 0 Å². The van der Waals surface area contributed by atoms with E-state index >= 15 is 0 Å². The molecule has 4 heteroatoms. The topological polar surface area (TPSA) is 41.6 Å².